The topological polar surface area (TPSA) is 55.9 Å². The van der Waals surface area contributed by atoms with Crippen molar-refractivity contribution >= 4 is 32.3 Å². The Bertz CT molecular complexity index is 969. The first kappa shape index (κ1) is 19.1. The normalized spacial score (nSPS) is 27.9. The lowest BCUT2D eigenvalue weighted by Gasteiger charge is -2.32. The van der Waals surface area contributed by atoms with Crippen LogP contribution < -0.4 is 9.80 Å². The first-order chi connectivity index (χ1) is 12.8. The zero-order valence-corrected chi connectivity index (χ0v) is 17.6. The molecule has 5 nitrogen and oxygen atoms in total. The SMILES string of the molecule is Cc1ccc2cc(C[NH+]3CC[NH+]([C@H]4CCS(=O)(=O)C4)CC3)c(Cl)nc2c1C. The van der Waals surface area contributed by atoms with Crippen molar-refractivity contribution in [2.45, 2.75) is 32.9 Å². The molecule has 1 aromatic heterocycles. The van der Waals surface area contributed by atoms with E-state index in [0.29, 0.717) is 22.7 Å². The number of quaternary nitrogens is 2. The van der Waals surface area contributed by atoms with Crippen LogP contribution in [0.25, 0.3) is 10.9 Å². The van der Waals surface area contributed by atoms with Gasteiger partial charge in [-0.15, -0.1) is 0 Å². The molecule has 0 amide bonds. The molecule has 146 valence electrons. The number of sulfone groups is 1. The van der Waals surface area contributed by atoms with Gasteiger partial charge in [0.15, 0.2) is 9.84 Å². The van der Waals surface area contributed by atoms with Crippen molar-refractivity contribution in [2.75, 3.05) is 37.7 Å². The summed E-state index contributed by atoms with van der Waals surface area (Å²) in [5.41, 5.74) is 4.53. The molecule has 3 heterocycles. The largest absolute Gasteiger partial charge is 0.322 e. The fourth-order valence-electron chi connectivity index (χ4n) is 4.52. The van der Waals surface area contributed by atoms with Gasteiger partial charge in [0.05, 0.1) is 11.3 Å². The minimum Gasteiger partial charge on any atom is -0.322 e. The van der Waals surface area contributed by atoms with Gasteiger partial charge in [0.25, 0.3) is 0 Å². The Morgan fingerprint density at radius 2 is 1.93 bits per heavy atom. The van der Waals surface area contributed by atoms with Crippen LogP contribution in [0.2, 0.25) is 5.15 Å². The first-order valence-corrected chi connectivity index (χ1v) is 12.0. The summed E-state index contributed by atoms with van der Waals surface area (Å²) in [6.07, 6.45) is 0.826. The Balaban J connectivity index is 1.43. The molecular formula is C20H28ClN3O2S+2. The minimum atomic E-state index is -2.79. The van der Waals surface area contributed by atoms with Crippen molar-refractivity contribution < 1.29 is 18.2 Å². The molecule has 2 N–H and O–H groups in total. The summed E-state index contributed by atoms with van der Waals surface area (Å²) in [6, 6.07) is 6.76. The molecule has 4 rings (SSSR count). The summed E-state index contributed by atoms with van der Waals surface area (Å²) in [5.74, 6) is 0.742. The maximum atomic E-state index is 11.7. The second-order valence-electron chi connectivity index (χ2n) is 8.20. The number of pyridine rings is 1. The van der Waals surface area contributed by atoms with E-state index in [4.69, 9.17) is 11.6 Å². The van der Waals surface area contributed by atoms with Gasteiger partial charge in [-0.25, -0.2) is 13.4 Å². The zero-order chi connectivity index (χ0) is 19.2. The standard InChI is InChI=1S/C20H26ClN3O2S/c1-14-3-4-16-11-17(20(21)22-19(16)15(14)2)12-23-6-8-24(9-7-23)18-5-10-27(25,26)13-18/h3-4,11,18H,5-10,12-13H2,1-2H3/p+2/t18-/m0/s1. The molecule has 0 unspecified atom stereocenters. The van der Waals surface area contributed by atoms with Crippen molar-refractivity contribution in [2.24, 2.45) is 0 Å². The van der Waals surface area contributed by atoms with Crippen molar-refractivity contribution in [1.29, 1.82) is 0 Å². The monoisotopic (exact) mass is 409 g/mol. The van der Waals surface area contributed by atoms with Crippen molar-refractivity contribution in [3.8, 4) is 0 Å². The maximum absolute atomic E-state index is 11.7. The Labute approximate surface area is 166 Å². The summed E-state index contributed by atoms with van der Waals surface area (Å²) in [4.78, 5) is 7.65. The number of piperazine rings is 1. The van der Waals surface area contributed by atoms with Gasteiger partial charge >= 0.3 is 0 Å². The molecule has 0 aliphatic carbocycles. The van der Waals surface area contributed by atoms with E-state index in [1.165, 1.54) is 20.9 Å². The van der Waals surface area contributed by atoms with Crippen molar-refractivity contribution in [3.05, 3.63) is 40.0 Å². The summed E-state index contributed by atoms with van der Waals surface area (Å²) in [7, 11) is -2.79. The number of aromatic nitrogens is 1. The molecule has 1 atom stereocenters. The average Bonchev–Trinajstić information content (AvgIpc) is 3.00. The smallest absolute Gasteiger partial charge is 0.156 e. The maximum Gasteiger partial charge on any atom is 0.156 e. The summed E-state index contributed by atoms with van der Waals surface area (Å²) >= 11 is 6.51. The molecule has 27 heavy (non-hydrogen) atoms. The quantitative estimate of drug-likeness (QED) is 0.700. The molecule has 2 aliphatic heterocycles. The molecule has 0 bridgehead atoms. The van der Waals surface area contributed by atoms with Gasteiger partial charge in [0.1, 0.15) is 49.7 Å². The predicted octanol–water partition coefficient (Wildman–Crippen LogP) is -0.0245. The van der Waals surface area contributed by atoms with Crippen molar-refractivity contribution in [1.82, 2.24) is 4.98 Å². The fraction of sp³-hybridized carbons (Fsp3) is 0.550. The third kappa shape index (κ3) is 3.99. The molecule has 2 aromatic rings. The Morgan fingerprint density at radius 3 is 2.59 bits per heavy atom. The molecule has 1 aromatic carbocycles. The van der Waals surface area contributed by atoms with E-state index >= 15 is 0 Å². The van der Waals surface area contributed by atoms with Crippen LogP contribution in [0, 0.1) is 13.8 Å². The van der Waals surface area contributed by atoms with E-state index < -0.39 is 9.84 Å². The molecule has 0 radical (unpaired) electrons. The highest BCUT2D eigenvalue weighted by atomic mass is 35.5. The molecule has 0 spiro atoms. The predicted molar refractivity (Wildman–Crippen MR) is 108 cm³/mol. The van der Waals surface area contributed by atoms with Gasteiger partial charge in [-0.05, 0) is 31.0 Å². The summed E-state index contributed by atoms with van der Waals surface area (Å²) < 4.78 is 23.5. The number of benzene rings is 1. The Kier molecular flexibility index (Phi) is 5.18. The lowest BCUT2D eigenvalue weighted by Crippen LogP contribution is -3.29. The van der Waals surface area contributed by atoms with Crippen molar-refractivity contribution in [3.63, 3.8) is 0 Å². The summed E-state index contributed by atoms with van der Waals surface area (Å²) in [6.45, 7) is 9.24. The second kappa shape index (κ2) is 7.32. The van der Waals surface area contributed by atoms with Crippen LogP contribution in [0.15, 0.2) is 18.2 Å². The molecule has 2 aliphatic rings. The van der Waals surface area contributed by atoms with Gasteiger partial charge in [-0.1, -0.05) is 23.7 Å². The number of rotatable bonds is 3. The van der Waals surface area contributed by atoms with Crippen LogP contribution in [0.1, 0.15) is 23.1 Å². The summed E-state index contributed by atoms with van der Waals surface area (Å²) in [5, 5.41) is 1.76. The third-order valence-corrected chi connectivity index (χ3v) is 8.48. The number of nitrogens with one attached hydrogen (secondary N) is 2. The van der Waals surface area contributed by atoms with Gasteiger partial charge in [-0.3, -0.25) is 0 Å². The van der Waals surface area contributed by atoms with E-state index in [1.807, 2.05) is 0 Å². The lowest BCUT2D eigenvalue weighted by molar-refractivity contribution is -1.03. The molecule has 0 saturated carbocycles. The van der Waals surface area contributed by atoms with Crippen LogP contribution in [0.5, 0.6) is 0 Å². The second-order valence-corrected chi connectivity index (χ2v) is 10.8. The molecular weight excluding hydrogens is 382 g/mol. The highest BCUT2D eigenvalue weighted by Gasteiger charge is 2.37. The fourth-order valence-corrected chi connectivity index (χ4v) is 6.56. The highest BCUT2D eigenvalue weighted by molar-refractivity contribution is 7.91. The highest BCUT2D eigenvalue weighted by Crippen LogP contribution is 2.24. The van der Waals surface area contributed by atoms with E-state index in [0.717, 1.165) is 55.6 Å². The minimum absolute atomic E-state index is 0.300. The average molecular weight is 410 g/mol. The van der Waals surface area contributed by atoms with Crippen LogP contribution in [-0.2, 0) is 16.4 Å². The Morgan fingerprint density at radius 1 is 1.19 bits per heavy atom. The first-order valence-electron chi connectivity index (χ1n) is 9.76. The van der Waals surface area contributed by atoms with Gasteiger partial charge < -0.3 is 9.80 Å². The number of halogens is 1. The van der Waals surface area contributed by atoms with Gasteiger partial charge in [-0.2, -0.15) is 0 Å². The van der Waals surface area contributed by atoms with E-state index in [1.54, 1.807) is 0 Å². The van der Waals surface area contributed by atoms with Gasteiger partial charge in [0.2, 0.25) is 0 Å². The lowest BCUT2D eigenvalue weighted by atomic mass is 10.0. The Hall–Kier alpha value is -1.21. The number of nitrogens with zero attached hydrogens (tertiary/aromatic N) is 1. The van der Waals surface area contributed by atoms with Gasteiger partial charge in [0, 0.05) is 17.4 Å². The molecule has 7 heteroatoms. The van der Waals surface area contributed by atoms with Crippen LogP contribution in [-0.4, -0.2) is 57.1 Å². The van der Waals surface area contributed by atoms with Crippen LogP contribution in [0.3, 0.4) is 0 Å². The zero-order valence-electron chi connectivity index (χ0n) is 16.0. The van der Waals surface area contributed by atoms with E-state index in [2.05, 4.69) is 37.0 Å². The van der Waals surface area contributed by atoms with E-state index in [9.17, 15) is 8.42 Å². The number of fused-ring (bicyclic) bond motifs is 1. The number of hydrogen-bond donors (Lipinski definition) is 2. The molecule has 2 saturated heterocycles. The van der Waals surface area contributed by atoms with Crippen LogP contribution in [0.4, 0.5) is 0 Å². The number of aryl methyl sites for hydroxylation is 2. The molecule has 2 fully saturated rings. The third-order valence-electron chi connectivity index (χ3n) is 6.39. The number of hydrogen-bond acceptors (Lipinski definition) is 3. The van der Waals surface area contributed by atoms with Crippen LogP contribution >= 0.6 is 11.6 Å². The van der Waals surface area contributed by atoms with E-state index in [-0.39, 0.29) is 0 Å².